The molecule has 6 nitrogen and oxygen atoms in total. The third-order valence-electron chi connectivity index (χ3n) is 5.93. The van der Waals surface area contributed by atoms with Crippen LogP contribution in [0.15, 0.2) is 17.5 Å². The lowest BCUT2D eigenvalue weighted by Gasteiger charge is -2.33. The fourth-order valence-corrected chi connectivity index (χ4v) is 5.27. The van der Waals surface area contributed by atoms with Crippen LogP contribution in [0.1, 0.15) is 57.2 Å². The van der Waals surface area contributed by atoms with E-state index in [-0.39, 0.29) is 29.9 Å². The van der Waals surface area contributed by atoms with Crippen LogP contribution in [0.5, 0.6) is 0 Å². The van der Waals surface area contributed by atoms with Crippen molar-refractivity contribution >= 4 is 23.3 Å². The monoisotopic (exact) mass is 420 g/mol. The highest BCUT2D eigenvalue weighted by Gasteiger charge is 2.28. The molecule has 3 amide bonds. The van der Waals surface area contributed by atoms with Crippen LogP contribution >= 0.6 is 11.3 Å². The molecular weight excluding hydrogens is 384 g/mol. The lowest BCUT2D eigenvalue weighted by atomic mass is 9.85. The quantitative estimate of drug-likeness (QED) is 0.633. The summed E-state index contributed by atoms with van der Waals surface area (Å²) in [6.45, 7) is 7.88. The number of nitrogens with one attached hydrogen (secondary N) is 3. The molecular formula is C22H36N4O2S. The Balaban J connectivity index is 1.37. The second-order valence-electron chi connectivity index (χ2n) is 8.90. The van der Waals surface area contributed by atoms with Crippen LogP contribution in [-0.2, 0) is 11.3 Å². The van der Waals surface area contributed by atoms with Gasteiger partial charge in [-0.25, -0.2) is 4.79 Å². The topological polar surface area (TPSA) is 73.5 Å². The molecule has 3 unspecified atom stereocenters. The summed E-state index contributed by atoms with van der Waals surface area (Å²) in [5, 5.41) is 11.3. The fraction of sp³-hybridized carbons (Fsp3) is 0.727. The molecule has 1 saturated carbocycles. The summed E-state index contributed by atoms with van der Waals surface area (Å²) in [4.78, 5) is 28.6. The van der Waals surface area contributed by atoms with E-state index < -0.39 is 0 Å². The largest absolute Gasteiger partial charge is 0.354 e. The number of rotatable bonds is 7. The van der Waals surface area contributed by atoms with E-state index >= 15 is 0 Å². The van der Waals surface area contributed by atoms with Crippen LogP contribution in [0.3, 0.4) is 0 Å². The smallest absolute Gasteiger partial charge is 0.315 e. The van der Waals surface area contributed by atoms with Gasteiger partial charge in [-0.1, -0.05) is 12.5 Å². The van der Waals surface area contributed by atoms with Crippen LogP contribution in [-0.4, -0.2) is 48.6 Å². The van der Waals surface area contributed by atoms with E-state index in [0.29, 0.717) is 5.92 Å². The lowest BCUT2D eigenvalue weighted by Crippen LogP contribution is -2.48. The number of carbonyl (C=O) groups is 2. The number of hydrogen-bond acceptors (Lipinski definition) is 4. The summed E-state index contributed by atoms with van der Waals surface area (Å²) >= 11 is 1.81. The predicted octanol–water partition coefficient (Wildman–Crippen LogP) is 3.34. The minimum absolute atomic E-state index is 0.0144. The molecule has 0 aromatic carbocycles. The van der Waals surface area contributed by atoms with Crippen molar-refractivity contribution in [2.24, 2.45) is 11.8 Å². The Bertz CT molecular complexity index is 649. The zero-order valence-electron chi connectivity index (χ0n) is 17.8. The maximum Gasteiger partial charge on any atom is 0.315 e. The van der Waals surface area contributed by atoms with Gasteiger partial charge in [0.15, 0.2) is 0 Å². The third-order valence-corrected chi connectivity index (χ3v) is 6.79. The number of likely N-dealkylation sites (tertiary alicyclic amines) is 1. The van der Waals surface area contributed by atoms with E-state index in [4.69, 9.17) is 0 Å². The molecule has 0 spiro atoms. The predicted molar refractivity (Wildman–Crippen MR) is 118 cm³/mol. The Kier molecular flexibility index (Phi) is 8.36. The second kappa shape index (κ2) is 11.0. The molecule has 162 valence electrons. The van der Waals surface area contributed by atoms with Crippen molar-refractivity contribution < 1.29 is 9.59 Å². The molecule has 1 aromatic rings. The molecule has 1 aromatic heterocycles. The molecule has 2 fully saturated rings. The van der Waals surface area contributed by atoms with E-state index in [2.05, 4.69) is 38.4 Å². The van der Waals surface area contributed by atoms with Gasteiger partial charge >= 0.3 is 6.03 Å². The van der Waals surface area contributed by atoms with Gasteiger partial charge in [0.25, 0.3) is 0 Å². The van der Waals surface area contributed by atoms with Crippen molar-refractivity contribution in [2.75, 3.05) is 19.6 Å². The first-order chi connectivity index (χ1) is 14.0. The minimum atomic E-state index is -0.0877. The van der Waals surface area contributed by atoms with Crippen molar-refractivity contribution in [1.82, 2.24) is 20.9 Å². The third kappa shape index (κ3) is 7.30. The average molecular weight is 421 g/mol. The molecule has 2 heterocycles. The molecule has 7 heteroatoms. The van der Waals surface area contributed by atoms with Gasteiger partial charge < -0.3 is 16.0 Å². The van der Waals surface area contributed by atoms with Crippen molar-refractivity contribution in [2.45, 2.75) is 71.0 Å². The summed E-state index contributed by atoms with van der Waals surface area (Å²) in [5.74, 6) is 0.644. The van der Waals surface area contributed by atoms with Gasteiger partial charge in [0, 0.05) is 42.5 Å². The number of nitrogens with zero attached hydrogens (tertiary/aromatic N) is 1. The Morgan fingerprint density at radius 2 is 2.10 bits per heavy atom. The van der Waals surface area contributed by atoms with E-state index in [1.165, 1.54) is 17.7 Å². The number of amides is 3. The number of carbonyl (C=O) groups excluding carboxylic acids is 2. The molecule has 0 bridgehead atoms. The molecule has 29 heavy (non-hydrogen) atoms. The van der Waals surface area contributed by atoms with Gasteiger partial charge in [-0.05, 0) is 69.9 Å². The SMILES string of the molecule is CC(C)NC(=O)C1CCCC(NC(=O)NCC2CCCN(Cc3cccs3)C2)C1. The maximum atomic E-state index is 12.4. The second-order valence-corrected chi connectivity index (χ2v) is 9.93. The highest BCUT2D eigenvalue weighted by Crippen LogP contribution is 2.25. The Morgan fingerprint density at radius 1 is 1.24 bits per heavy atom. The first-order valence-corrected chi connectivity index (χ1v) is 12.0. The van der Waals surface area contributed by atoms with Gasteiger partial charge in [-0.3, -0.25) is 9.69 Å². The van der Waals surface area contributed by atoms with Gasteiger partial charge in [0.1, 0.15) is 0 Å². The first kappa shape index (κ1) is 22.1. The standard InChI is InChI=1S/C22H36N4O2S/c1-16(2)24-21(27)18-7-3-8-19(12-18)25-22(28)23-13-17-6-4-10-26(14-17)15-20-9-5-11-29-20/h5,9,11,16-19H,3-4,6-8,10,12-15H2,1-2H3,(H,24,27)(H2,23,25,28). The van der Waals surface area contributed by atoms with Gasteiger partial charge in [-0.2, -0.15) is 0 Å². The van der Waals surface area contributed by atoms with Crippen LogP contribution in [0, 0.1) is 11.8 Å². The summed E-state index contributed by atoms with van der Waals surface area (Å²) in [6, 6.07) is 4.46. The Hall–Kier alpha value is -1.60. The van der Waals surface area contributed by atoms with Crippen molar-refractivity contribution in [3.8, 4) is 0 Å². The average Bonchev–Trinajstić information content (AvgIpc) is 3.19. The molecule has 3 atom stereocenters. The van der Waals surface area contributed by atoms with Crippen LogP contribution in [0.25, 0.3) is 0 Å². The number of piperidine rings is 1. The molecule has 3 N–H and O–H groups in total. The van der Waals surface area contributed by atoms with Crippen molar-refractivity contribution in [1.29, 1.82) is 0 Å². The number of thiophene rings is 1. The van der Waals surface area contributed by atoms with Crippen molar-refractivity contribution in [3.63, 3.8) is 0 Å². The number of hydrogen-bond donors (Lipinski definition) is 3. The zero-order valence-corrected chi connectivity index (χ0v) is 18.6. The van der Waals surface area contributed by atoms with Gasteiger partial charge in [0.2, 0.25) is 5.91 Å². The molecule has 2 aliphatic rings. The summed E-state index contributed by atoms with van der Waals surface area (Å²) in [7, 11) is 0. The molecule has 0 radical (unpaired) electrons. The molecule has 1 aliphatic heterocycles. The fourth-order valence-electron chi connectivity index (χ4n) is 4.52. The van der Waals surface area contributed by atoms with E-state index in [1.54, 1.807) is 0 Å². The summed E-state index contributed by atoms with van der Waals surface area (Å²) < 4.78 is 0. The van der Waals surface area contributed by atoms with E-state index in [9.17, 15) is 9.59 Å². The Morgan fingerprint density at radius 3 is 2.86 bits per heavy atom. The van der Waals surface area contributed by atoms with E-state index in [1.807, 2.05) is 25.2 Å². The van der Waals surface area contributed by atoms with E-state index in [0.717, 1.165) is 51.9 Å². The van der Waals surface area contributed by atoms with Gasteiger partial charge in [0.05, 0.1) is 0 Å². The first-order valence-electron chi connectivity index (χ1n) is 11.1. The van der Waals surface area contributed by atoms with Crippen LogP contribution in [0.2, 0.25) is 0 Å². The van der Waals surface area contributed by atoms with Crippen LogP contribution < -0.4 is 16.0 Å². The van der Waals surface area contributed by atoms with Crippen LogP contribution in [0.4, 0.5) is 4.79 Å². The summed E-state index contributed by atoms with van der Waals surface area (Å²) in [5.41, 5.74) is 0. The minimum Gasteiger partial charge on any atom is -0.354 e. The van der Waals surface area contributed by atoms with Crippen molar-refractivity contribution in [3.05, 3.63) is 22.4 Å². The highest BCUT2D eigenvalue weighted by atomic mass is 32.1. The molecule has 3 rings (SSSR count). The lowest BCUT2D eigenvalue weighted by molar-refractivity contribution is -0.126. The maximum absolute atomic E-state index is 12.4. The Labute approximate surface area is 178 Å². The molecule has 1 saturated heterocycles. The number of urea groups is 1. The molecule has 1 aliphatic carbocycles. The van der Waals surface area contributed by atoms with Gasteiger partial charge in [-0.15, -0.1) is 11.3 Å². The summed E-state index contributed by atoms with van der Waals surface area (Å²) in [6.07, 6.45) is 5.96. The highest BCUT2D eigenvalue weighted by molar-refractivity contribution is 7.09. The normalized spacial score (nSPS) is 25.6. The zero-order chi connectivity index (χ0) is 20.6.